The zero-order valence-corrected chi connectivity index (χ0v) is 16.6. The van der Waals surface area contributed by atoms with Crippen molar-refractivity contribution in [1.82, 2.24) is 25.6 Å². The van der Waals surface area contributed by atoms with Gasteiger partial charge in [0.05, 0.1) is 12.8 Å². The van der Waals surface area contributed by atoms with E-state index in [1.54, 1.807) is 6.20 Å². The number of hydrogen-bond donors (Lipinski definition) is 2. The van der Waals surface area contributed by atoms with Crippen LogP contribution in [0.3, 0.4) is 0 Å². The fourth-order valence-electron chi connectivity index (χ4n) is 3.13. The Bertz CT molecular complexity index is 685. The number of esters is 1. The molecule has 0 saturated carbocycles. The molecule has 0 aromatic carbocycles. The van der Waals surface area contributed by atoms with Gasteiger partial charge in [0.1, 0.15) is 18.1 Å². The maximum Gasteiger partial charge on any atom is 0.328 e. The molecule has 0 aliphatic carbocycles. The molecule has 2 bridgehead atoms. The summed E-state index contributed by atoms with van der Waals surface area (Å²) in [4.78, 5) is 37.8. The first-order valence-electron chi connectivity index (χ1n) is 9.30. The number of nitrogens with one attached hydrogen (secondary N) is 2. The van der Waals surface area contributed by atoms with E-state index in [4.69, 9.17) is 4.74 Å². The van der Waals surface area contributed by atoms with Gasteiger partial charge in [0.2, 0.25) is 11.8 Å². The molecule has 0 fully saturated rings. The van der Waals surface area contributed by atoms with E-state index in [2.05, 4.69) is 20.9 Å². The number of nitrogens with zero attached hydrogens (tertiary/aromatic N) is 3. The molecule has 1 aliphatic rings. The van der Waals surface area contributed by atoms with Gasteiger partial charge in [-0.2, -0.15) is 0 Å². The van der Waals surface area contributed by atoms with E-state index in [0.29, 0.717) is 18.5 Å². The average molecular weight is 379 g/mol. The lowest BCUT2D eigenvalue weighted by Crippen LogP contribution is -2.53. The first kappa shape index (κ1) is 20.9. The lowest BCUT2D eigenvalue weighted by molar-refractivity contribution is -0.145. The second-order valence-corrected chi connectivity index (χ2v) is 7.81. The van der Waals surface area contributed by atoms with Crippen molar-refractivity contribution in [2.75, 3.05) is 7.11 Å². The number of carbonyl (C=O) groups excluding carboxylic acids is 3. The Balaban J connectivity index is 2.41. The predicted octanol–water partition coefficient (Wildman–Crippen LogP) is 0.610. The highest BCUT2D eigenvalue weighted by Crippen LogP contribution is 2.19. The third-order valence-corrected chi connectivity index (χ3v) is 4.43. The van der Waals surface area contributed by atoms with Gasteiger partial charge in [0.25, 0.3) is 0 Å². The number of hydrogen-bond acceptors (Lipinski definition) is 6. The van der Waals surface area contributed by atoms with Crippen LogP contribution in [0.2, 0.25) is 0 Å². The molecule has 3 atom stereocenters. The van der Waals surface area contributed by atoms with Crippen molar-refractivity contribution in [3.8, 4) is 0 Å². The summed E-state index contributed by atoms with van der Waals surface area (Å²) in [6.07, 6.45) is 2.82. The van der Waals surface area contributed by atoms with Gasteiger partial charge in [0.15, 0.2) is 0 Å². The standard InChI is InChI=1S/C18H29N5O4/c1-10(2)6-13-16(24)20-14(18(26)27-5)8-12-9-23(22-21-12)15(7-11(3)4)17(25)19-13/h9-11,13-15H,6-8H2,1-5H3,(H,19,25)(H,20,24)/t13-,14-,15-/m0/s1. The summed E-state index contributed by atoms with van der Waals surface area (Å²) >= 11 is 0. The topological polar surface area (TPSA) is 115 Å². The highest BCUT2D eigenvalue weighted by molar-refractivity contribution is 5.91. The number of fused-ring (bicyclic) bond motifs is 2. The molecule has 2 rings (SSSR count). The highest BCUT2D eigenvalue weighted by Gasteiger charge is 2.33. The molecular weight excluding hydrogens is 350 g/mol. The molecule has 1 aliphatic heterocycles. The van der Waals surface area contributed by atoms with Crippen LogP contribution < -0.4 is 10.6 Å². The van der Waals surface area contributed by atoms with E-state index in [1.165, 1.54) is 11.8 Å². The van der Waals surface area contributed by atoms with Gasteiger partial charge in [-0.1, -0.05) is 32.9 Å². The summed E-state index contributed by atoms with van der Waals surface area (Å²) in [6.45, 7) is 7.97. The molecule has 0 radical (unpaired) electrons. The maximum atomic E-state index is 12.9. The third-order valence-electron chi connectivity index (χ3n) is 4.43. The number of rotatable bonds is 5. The third kappa shape index (κ3) is 5.51. The van der Waals surface area contributed by atoms with Crippen molar-refractivity contribution in [2.24, 2.45) is 11.8 Å². The smallest absolute Gasteiger partial charge is 0.328 e. The fraction of sp³-hybridized carbons (Fsp3) is 0.722. The predicted molar refractivity (Wildman–Crippen MR) is 97.6 cm³/mol. The van der Waals surface area contributed by atoms with Gasteiger partial charge in [-0.05, 0) is 24.7 Å². The minimum absolute atomic E-state index is 0.148. The van der Waals surface area contributed by atoms with Crippen LogP contribution in [0.1, 0.15) is 52.3 Å². The van der Waals surface area contributed by atoms with Crippen LogP contribution in [0, 0.1) is 11.8 Å². The quantitative estimate of drug-likeness (QED) is 0.725. The molecule has 1 aromatic heterocycles. The lowest BCUT2D eigenvalue weighted by atomic mass is 10.00. The minimum Gasteiger partial charge on any atom is -0.467 e. The van der Waals surface area contributed by atoms with Gasteiger partial charge in [-0.25, -0.2) is 9.48 Å². The Kier molecular flexibility index (Phi) is 6.92. The minimum atomic E-state index is -0.888. The number of aromatic nitrogens is 3. The van der Waals surface area contributed by atoms with E-state index in [-0.39, 0.29) is 24.2 Å². The van der Waals surface area contributed by atoms with Crippen molar-refractivity contribution in [3.63, 3.8) is 0 Å². The number of carbonyl (C=O) groups is 3. The van der Waals surface area contributed by atoms with Crippen molar-refractivity contribution >= 4 is 17.8 Å². The number of ether oxygens (including phenoxy) is 1. The molecule has 0 unspecified atom stereocenters. The first-order chi connectivity index (χ1) is 12.7. The summed E-state index contributed by atoms with van der Waals surface area (Å²) in [6, 6.07) is -2.19. The highest BCUT2D eigenvalue weighted by atomic mass is 16.5. The van der Waals surface area contributed by atoms with Gasteiger partial charge >= 0.3 is 5.97 Å². The normalized spacial score (nSPS) is 23.6. The molecule has 2 heterocycles. The zero-order valence-electron chi connectivity index (χ0n) is 16.6. The van der Waals surface area contributed by atoms with Crippen molar-refractivity contribution < 1.29 is 19.1 Å². The number of amides is 2. The van der Waals surface area contributed by atoms with Gasteiger partial charge in [0, 0.05) is 12.6 Å². The summed E-state index contributed by atoms with van der Waals surface area (Å²) in [5, 5.41) is 13.7. The molecular formula is C18H29N5O4. The Labute approximate surface area is 159 Å². The van der Waals surface area contributed by atoms with E-state index in [0.717, 1.165) is 0 Å². The van der Waals surface area contributed by atoms with E-state index in [9.17, 15) is 14.4 Å². The Hall–Kier alpha value is -2.45. The Morgan fingerprint density at radius 2 is 1.85 bits per heavy atom. The Morgan fingerprint density at radius 1 is 1.19 bits per heavy atom. The van der Waals surface area contributed by atoms with Crippen LogP contribution in [0.5, 0.6) is 0 Å². The molecule has 2 amide bonds. The average Bonchev–Trinajstić information content (AvgIpc) is 3.04. The molecule has 0 saturated heterocycles. The second-order valence-electron chi connectivity index (χ2n) is 7.81. The largest absolute Gasteiger partial charge is 0.467 e. The van der Waals surface area contributed by atoms with Crippen LogP contribution >= 0.6 is 0 Å². The Morgan fingerprint density at radius 3 is 2.44 bits per heavy atom. The monoisotopic (exact) mass is 379 g/mol. The van der Waals surface area contributed by atoms with Crippen LogP contribution in [0.15, 0.2) is 6.20 Å². The van der Waals surface area contributed by atoms with Gasteiger partial charge in [-0.3, -0.25) is 9.59 Å². The molecule has 2 N–H and O–H groups in total. The second kappa shape index (κ2) is 8.96. The zero-order chi connectivity index (χ0) is 20.1. The van der Waals surface area contributed by atoms with Gasteiger partial charge < -0.3 is 15.4 Å². The van der Waals surface area contributed by atoms with Crippen LogP contribution in [-0.2, 0) is 25.5 Å². The molecule has 150 valence electrons. The van der Waals surface area contributed by atoms with Gasteiger partial charge in [-0.15, -0.1) is 5.10 Å². The SMILES string of the molecule is COC(=O)[C@@H]1Cc2cn(nn2)[C@@H](CC(C)C)C(=O)N[C@@H](CC(C)C)C(=O)N1. The fourth-order valence-corrected chi connectivity index (χ4v) is 3.13. The van der Waals surface area contributed by atoms with Crippen LogP contribution in [0.4, 0.5) is 0 Å². The van der Waals surface area contributed by atoms with Crippen LogP contribution in [0.25, 0.3) is 0 Å². The van der Waals surface area contributed by atoms with Crippen molar-refractivity contribution in [2.45, 2.75) is 65.1 Å². The summed E-state index contributed by atoms with van der Waals surface area (Å²) in [5.41, 5.74) is 0.509. The van der Waals surface area contributed by atoms with E-state index < -0.39 is 30.0 Å². The molecule has 9 nitrogen and oxygen atoms in total. The van der Waals surface area contributed by atoms with Crippen molar-refractivity contribution in [1.29, 1.82) is 0 Å². The summed E-state index contributed by atoms with van der Waals surface area (Å²) in [7, 11) is 1.27. The van der Waals surface area contributed by atoms with Crippen molar-refractivity contribution in [3.05, 3.63) is 11.9 Å². The van der Waals surface area contributed by atoms with E-state index >= 15 is 0 Å². The number of methoxy groups -OCH3 is 1. The molecule has 1 aromatic rings. The maximum absolute atomic E-state index is 12.9. The summed E-state index contributed by atoms with van der Waals surface area (Å²) in [5.74, 6) is -0.813. The molecule has 0 spiro atoms. The lowest BCUT2D eigenvalue weighted by Gasteiger charge is -2.25. The van der Waals surface area contributed by atoms with Crippen LogP contribution in [-0.4, -0.2) is 52.0 Å². The first-order valence-corrected chi connectivity index (χ1v) is 9.30. The molecule has 9 heteroatoms. The van der Waals surface area contributed by atoms with E-state index in [1.807, 2.05) is 27.7 Å². The molecule has 27 heavy (non-hydrogen) atoms. The summed E-state index contributed by atoms with van der Waals surface area (Å²) < 4.78 is 6.32.